The zero-order valence-electron chi connectivity index (χ0n) is 7.03. The fourth-order valence-corrected chi connectivity index (χ4v) is 0.831. The van der Waals surface area contributed by atoms with Gasteiger partial charge in [-0.2, -0.15) is 13.2 Å². The highest BCUT2D eigenvalue weighted by atomic mass is 19.4. The monoisotopic (exact) mass is 211 g/mol. The van der Waals surface area contributed by atoms with Crippen LogP contribution in [-0.2, 0) is 4.79 Å². The van der Waals surface area contributed by atoms with Gasteiger partial charge in [-0.3, -0.25) is 4.79 Å². The van der Waals surface area contributed by atoms with E-state index in [4.69, 9.17) is 10.6 Å². The Morgan fingerprint density at radius 3 is 2.50 bits per heavy atom. The second kappa shape index (κ2) is 5.33. The normalized spacial score (nSPS) is 13.1. The van der Waals surface area contributed by atoms with Gasteiger partial charge < -0.3 is 5.11 Å². The first kappa shape index (κ1) is 12.6. The summed E-state index contributed by atoms with van der Waals surface area (Å²) in [7, 11) is 0. The smallest absolute Gasteiger partial charge is 0.389 e. The second-order valence-corrected chi connectivity index (χ2v) is 2.61. The summed E-state index contributed by atoms with van der Waals surface area (Å²) in [5, 5.41) is 11.1. The molecular formula is C6H8F3N3O2. The second-order valence-electron chi connectivity index (χ2n) is 2.61. The van der Waals surface area contributed by atoms with E-state index in [2.05, 4.69) is 10.0 Å². The van der Waals surface area contributed by atoms with E-state index in [0.717, 1.165) is 0 Å². The first-order valence-corrected chi connectivity index (χ1v) is 3.68. The van der Waals surface area contributed by atoms with Crippen molar-refractivity contribution in [1.82, 2.24) is 0 Å². The van der Waals surface area contributed by atoms with Crippen molar-refractivity contribution in [3.05, 3.63) is 10.4 Å². The highest BCUT2D eigenvalue weighted by molar-refractivity contribution is 5.66. The molecule has 1 atom stereocenters. The van der Waals surface area contributed by atoms with Crippen molar-refractivity contribution in [2.24, 2.45) is 5.11 Å². The third-order valence-electron chi connectivity index (χ3n) is 1.37. The van der Waals surface area contributed by atoms with Gasteiger partial charge in [-0.05, 0) is 12.0 Å². The zero-order valence-corrected chi connectivity index (χ0v) is 7.03. The van der Waals surface area contributed by atoms with Crippen molar-refractivity contribution in [2.45, 2.75) is 31.5 Å². The SMILES string of the molecule is [N-]=[N+]=NC(CCC(=O)O)CC(F)(F)F. The number of carboxylic acid groups (broad SMARTS) is 1. The Bertz CT molecular complexity index is 247. The Labute approximate surface area is 77.2 Å². The van der Waals surface area contributed by atoms with Crippen LogP contribution in [0.5, 0.6) is 0 Å². The molecule has 0 bridgehead atoms. The van der Waals surface area contributed by atoms with E-state index in [-0.39, 0.29) is 6.42 Å². The van der Waals surface area contributed by atoms with E-state index < -0.39 is 31.0 Å². The summed E-state index contributed by atoms with van der Waals surface area (Å²) in [4.78, 5) is 12.3. The fraction of sp³-hybridized carbons (Fsp3) is 0.833. The summed E-state index contributed by atoms with van der Waals surface area (Å²) in [5.41, 5.74) is 7.94. The van der Waals surface area contributed by atoms with Crippen LogP contribution in [0.1, 0.15) is 19.3 Å². The molecule has 0 fully saturated rings. The van der Waals surface area contributed by atoms with Crippen LogP contribution >= 0.6 is 0 Å². The van der Waals surface area contributed by atoms with Gasteiger partial charge in [0.05, 0.1) is 6.42 Å². The van der Waals surface area contributed by atoms with Gasteiger partial charge in [0.2, 0.25) is 0 Å². The number of carbonyl (C=O) groups is 1. The van der Waals surface area contributed by atoms with Crippen LogP contribution in [0.3, 0.4) is 0 Å². The predicted molar refractivity (Wildman–Crippen MR) is 40.5 cm³/mol. The summed E-state index contributed by atoms with van der Waals surface area (Å²) < 4.78 is 35.5. The number of hydrogen-bond acceptors (Lipinski definition) is 2. The number of hydrogen-bond donors (Lipinski definition) is 1. The minimum Gasteiger partial charge on any atom is -0.481 e. The molecule has 0 saturated heterocycles. The number of rotatable bonds is 5. The van der Waals surface area contributed by atoms with Crippen molar-refractivity contribution in [3.63, 3.8) is 0 Å². The Morgan fingerprint density at radius 2 is 2.14 bits per heavy atom. The molecule has 1 unspecified atom stereocenters. The molecule has 0 aromatic carbocycles. The molecular weight excluding hydrogens is 203 g/mol. The molecule has 0 aromatic heterocycles. The van der Waals surface area contributed by atoms with Gasteiger partial charge in [0, 0.05) is 17.4 Å². The Balaban J connectivity index is 4.16. The van der Waals surface area contributed by atoms with Gasteiger partial charge in [0.15, 0.2) is 0 Å². The van der Waals surface area contributed by atoms with E-state index in [9.17, 15) is 18.0 Å². The van der Waals surface area contributed by atoms with Crippen molar-refractivity contribution < 1.29 is 23.1 Å². The lowest BCUT2D eigenvalue weighted by molar-refractivity contribution is -0.142. The number of alkyl halides is 3. The van der Waals surface area contributed by atoms with Crippen LogP contribution in [-0.4, -0.2) is 23.3 Å². The topological polar surface area (TPSA) is 86.1 Å². The van der Waals surface area contributed by atoms with Crippen molar-refractivity contribution in [2.75, 3.05) is 0 Å². The fourth-order valence-electron chi connectivity index (χ4n) is 0.831. The standard InChI is InChI=1S/C6H8F3N3O2/c7-6(8,9)3-4(11-12-10)1-2-5(13)14/h4H,1-3H2,(H,13,14). The van der Waals surface area contributed by atoms with E-state index in [1.165, 1.54) is 0 Å². The van der Waals surface area contributed by atoms with Crippen LogP contribution in [0.4, 0.5) is 13.2 Å². The maximum Gasteiger partial charge on any atom is 0.389 e. The number of carboxylic acids is 1. The van der Waals surface area contributed by atoms with E-state index in [0.29, 0.717) is 0 Å². The Kier molecular flexibility index (Phi) is 4.79. The molecule has 8 heteroatoms. The number of halogens is 3. The molecule has 0 aromatic rings. The highest BCUT2D eigenvalue weighted by Crippen LogP contribution is 2.25. The van der Waals surface area contributed by atoms with Gasteiger partial charge in [-0.25, -0.2) is 0 Å². The molecule has 0 saturated carbocycles. The lowest BCUT2D eigenvalue weighted by Crippen LogP contribution is -2.18. The third-order valence-corrected chi connectivity index (χ3v) is 1.37. The average Bonchev–Trinajstić information content (AvgIpc) is 1.98. The predicted octanol–water partition coefficient (Wildman–Crippen LogP) is 2.48. The van der Waals surface area contributed by atoms with E-state index >= 15 is 0 Å². The van der Waals surface area contributed by atoms with Crippen molar-refractivity contribution in [3.8, 4) is 0 Å². The maximum absolute atomic E-state index is 11.8. The molecule has 0 rings (SSSR count). The largest absolute Gasteiger partial charge is 0.481 e. The van der Waals surface area contributed by atoms with Gasteiger partial charge in [-0.1, -0.05) is 5.11 Å². The van der Waals surface area contributed by atoms with Gasteiger partial charge in [-0.15, -0.1) is 0 Å². The molecule has 14 heavy (non-hydrogen) atoms. The van der Waals surface area contributed by atoms with E-state index in [1.807, 2.05) is 0 Å². The quantitative estimate of drug-likeness (QED) is 0.430. The molecule has 0 spiro atoms. The van der Waals surface area contributed by atoms with Crippen molar-refractivity contribution in [1.29, 1.82) is 0 Å². The summed E-state index contributed by atoms with van der Waals surface area (Å²) in [6, 6.07) is -1.34. The zero-order chi connectivity index (χ0) is 11.2. The maximum atomic E-state index is 11.8. The summed E-state index contributed by atoms with van der Waals surface area (Å²) >= 11 is 0. The third kappa shape index (κ3) is 7.23. The first-order valence-electron chi connectivity index (χ1n) is 3.68. The average molecular weight is 211 g/mol. The lowest BCUT2D eigenvalue weighted by Gasteiger charge is -2.11. The van der Waals surface area contributed by atoms with Crippen LogP contribution in [0, 0.1) is 0 Å². The molecule has 0 aliphatic heterocycles. The Hall–Kier alpha value is -1.43. The molecule has 0 radical (unpaired) electrons. The van der Waals surface area contributed by atoms with Gasteiger partial charge in [0.1, 0.15) is 0 Å². The molecule has 80 valence electrons. The summed E-state index contributed by atoms with van der Waals surface area (Å²) in [6.45, 7) is 0. The highest BCUT2D eigenvalue weighted by Gasteiger charge is 2.31. The first-order chi connectivity index (χ1) is 6.35. The molecule has 5 nitrogen and oxygen atoms in total. The molecule has 1 N–H and O–H groups in total. The minimum atomic E-state index is -4.45. The van der Waals surface area contributed by atoms with Crippen molar-refractivity contribution >= 4 is 5.97 Å². The molecule has 0 aliphatic rings. The van der Waals surface area contributed by atoms with Crippen LogP contribution in [0.15, 0.2) is 5.11 Å². The molecule has 0 aliphatic carbocycles. The number of azide groups is 1. The number of nitrogens with zero attached hydrogens (tertiary/aromatic N) is 3. The van der Waals surface area contributed by atoms with E-state index in [1.54, 1.807) is 0 Å². The van der Waals surface area contributed by atoms with Crippen LogP contribution in [0.25, 0.3) is 10.4 Å². The van der Waals surface area contributed by atoms with Crippen LogP contribution < -0.4 is 0 Å². The van der Waals surface area contributed by atoms with Gasteiger partial charge >= 0.3 is 12.1 Å². The lowest BCUT2D eigenvalue weighted by atomic mass is 10.1. The molecule has 0 heterocycles. The minimum absolute atomic E-state index is 0.307. The molecule has 0 amide bonds. The summed E-state index contributed by atoms with van der Waals surface area (Å²) in [6.07, 6.45) is -6.49. The van der Waals surface area contributed by atoms with Gasteiger partial charge in [0.25, 0.3) is 0 Å². The number of aliphatic carboxylic acids is 1. The Morgan fingerprint density at radius 1 is 1.57 bits per heavy atom. The summed E-state index contributed by atoms with van der Waals surface area (Å²) in [5.74, 6) is -1.22. The van der Waals surface area contributed by atoms with Crippen LogP contribution in [0.2, 0.25) is 0 Å².